The Balaban J connectivity index is 2.07. The van der Waals surface area contributed by atoms with Crippen LogP contribution in [0.4, 0.5) is 10.3 Å². The number of nitrogens with one attached hydrogen (secondary N) is 1. The highest BCUT2D eigenvalue weighted by molar-refractivity contribution is 9.10. The third kappa shape index (κ3) is 3.06. The van der Waals surface area contributed by atoms with E-state index in [1.54, 1.807) is 6.07 Å². The van der Waals surface area contributed by atoms with Gasteiger partial charge in [0.15, 0.2) is 0 Å². The summed E-state index contributed by atoms with van der Waals surface area (Å²) in [6.07, 6.45) is 0. The second kappa shape index (κ2) is 6.02. The van der Waals surface area contributed by atoms with Crippen LogP contribution in [0.15, 0.2) is 46.9 Å². The van der Waals surface area contributed by atoms with Crippen molar-refractivity contribution in [1.82, 2.24) is 9.55 Å². The van der Waals surface area contributed by atoms with E-state index in [1.165, 1.54) is 12.1 Å². The lowest BCUT2D eigenvalue weighted by molar-refractivity contribution is 0.102. The van der Waals surface area contributed by atoms with Gasteiger partial charge in [0.25, 0.3) is 5.91 Å². The number of aromatic nitrogens is 2. The summed E-state index contributed by atoms with van der Waals surface area (Å²) in [5, 5.41) is 2.74. The lowest BCUT2D eigenvalue weighted by atomic mass is 10.1. The van der Waals surface area contributed by atoms with Crippen LogP contribution in [-0.2, 0) is 5.54 Å². The number of imidazole rings is 1. The topological polar surface area (TPSA) is 46.9 Å². The molecule has 124 valence electrons. The van der Waals surface area contributed by atoms with Crippen molar-refractivity contribution in [2.45, 2.75) is 26.3 Å². The van der Waals surface area contributed by atoms with E-state index in [-0.39, 0.29) is 11.1 Å². The van der Waals surface area contributed by atoms with Crippen molar-refractivity contribution in [3.63, 3.8) is 0 Å². The summed E-state index contributed by atoms with van der Waals surface area (Å²) in [4.78, 5) is 17.0. The average molecular weight is 390 g/mol. The van der Waals surface area contributed by atoms with Crippen molar-refractivity contribution in [3.05, 3.63) is 58.3 Å². The molecular weight excluding hydrogens is 373 g/mol. The highest BCUT2D eigenvalue weighted by atomic mass is 79.9. The summed E-state index contributed by atoms with van der Waals surface area (Å²) < 4.78 is 16.5. The van der Waals surface area contributed by atoms with E-state index in [0.717, 1.165) is 11.0 Å². The molecule has 1 aromatic heterocycles. The molecule has 6 heteroatoms. The van der Waals surface area contributed by atoms with E-state index in [1.807, 2.05) is 49.6 Å². The first-order valence-corrected chi connectivity index (χ1v) is 8.31. The molecule has 0 fully saturated rings. The number of amides is 1. The summed E-state index contributed by atoms with van der Waals surface area (Å²) in [6, 6.07) is 11.9. The Kier molecular flexibility index (Phi) is 4.17. The van der Waals surface area contributed by atoms with Crippen LogP contribution in [0.5, 0.6) is 0 Å². The van der Waals surface area contributed by atoms with E-state index in [4.69, 9.17) is 0 Å². The third-order valence-electron chi connectivity index (χ3n) is 3.63. The van der Waals surface area contributed by atoms with Gasteiger partial charge in [0.05, 0.1) is 16.6 Å². The van der Waals surface area contributed by atoms with Crippen LogP contribution in [0.25, 0.3) is 11.0 Å². The zero-order valence-corrected chi connectivity index (χ0v) is 15.2. The summed E-state index contributed by atoms with van der Waals surface area (Å²) >= 11 is 3.26. The quantitative estimate of drug-likeness (QED) is 0.674. The molecule has 0 radical (unpaired) electrons. The number of benzene rings is 2. The SMILES string of the molecule is CC(C)(C)n1c(NC(=O)c2cc(Br)ccc2F)nc2ccccc21. The molecule has 0 saturated heterocycles. The first kappa shape index (κ1) is 16.6. The van der Waals surface area contributed by atoms with Crippen molar-refractivity contribution >= 4 is 38.8 Å². The van der Waals surface area contributed by atoms with Crippen LogP contribution in [-0.4, -0.2) is 15.5 Å². The zero-order valence-electron chi connectivity index (χ0n) is 13.6. The first-order chi connectivity index (χ1) is 11.3. The molecule has 0 spiro atoms. The molecule has 4 nitrogen and oxygen atoms in total. The van der Waals surface area contributed by atoms with Gasteiger partial charge in [-0.15, -0.1) is 0 Å². The Bertz CT molecular complexity index is 928. The molecule has 3 rings (SSSR count). The van der Waals surface area contributed by atoms with Gasteiger partial charge >= 0.3 is 0 Å². The number of nitrogens with zero attached hydrogens (tertiary/aromatic N) is 2. The number of hydrogen-bond donors (Lipinski definition) is 1. The van der Waals surface area contributed by atoms with Gasteiger partial charge in [0.2, 0.25) is 5.95 Å². The number of hydrogen-bond acceptors (Lipinski definition) is 2. The third-order valence-corrected chi connectivity index (χ3v) is 4.12. The molecule has 0 aliphatic heterocycles. The second-order valence-corrected chi connectivity index (χ2v) is 7.42. The van der Waals surface area contributed by atoms with Gasteiger partial charge in [0.1, 0.15) is 5.82 Å². The fourth-order valence-corrected chi connectivity index (χ4v) is 2.99. The van der Waals surface area contributed by atoms with Crippen LogP contribution in [0.3, 0.4) is 0 Å². The summed E-state index contributed by atoms with van der Waals surface area (Å²) in [5.74, 6) is -0.711. The van der Waals surface area contributed by atoms with Crippen molar-refractivity contribution in [2.24, 2.45) is 0 Å². The predicted octanol–water partition coefficient (Wildman–Crippen LogP) is 4.95. The van der Waals surface area contributed by atoms with E-state index in [2.05, 4.69) is 26.2 Å². The Morgan fingerprint density at radius 3 is 2.62 bits per heavy atom. The lowest BCUT2D eigenvalue weighted by Crippen LogP contribution is -2.26. The smallest absolute Gasteiger partial charge is 0.260 e. The maximum atomic E-state index is 14.0. The molecule has 1 amide bonds. The van der Waals surface area contributed by atoms with Gasteiger partial charge in [-0.25, -0.2) is 9.37 Å². The number of fused-ring (bicyclic) bond motifs is 1. The molecule has 0 aliphatic rings. The number of halogens is 2. The molecule has 0 unspecified atom stereocenters. The largest absolute Gasteiger partial charge is 0.305 e. The van der Waals surface area contributed by atoms with Gasteiger partial charge in [-0.05, 0) is 51.1 Å². The Labute approximate surface area is 147 Å². The number of para-hydroxylation sites is 2. The number of carbonyl (C=O) groups is 1. The van der Waals surface area contributed by atoms with Crippen molar-refractivity contribution < 1.29 is 9.18 Å². The van der Waals surface area contributed by atoms with Gasteiger partial charge < -0.3 is 4.57 Å². The molecule has 1 N–H and O–H groups in total. The molecule has 2 aromatic carbocycles. The Hall–Kier alpha value is -2.21. The molecule has 1 heterocycles. The fourth-order valence-electron chi connectivity index (χ4n) is 2.63. The van der Waals surface area contributed by atoms with Crippen molar-refractivity contribution in [2.75, 3.05) is 5.32 Å². The number of rotatable bonds is 2. The predicted molar refractivity (Wildman–Crippen MR) is 96.8 cm³/mol. The number of anilines is 1. The molecule has 24 heavy (non-hydrogen) atoms. The Morgan fingerprint density at radius 1 is 1.21 bits per heavy atom. The average Bonchev–Trinajstić information content (AvgIpc) is 2.87. The monoisotopic (exact) mass is 389 g/mol. The van der Waals surface area contributed by atoms with Crippen LogP contribution in [0.2, 0.25) is 0 Å². The molecular formula is C18H17BrFN3O. The van der Waals surface area contributed by atoms with Gasteiger partial charge in [-0.2, -0.15) is 0 Å². The van der Waals surface area contributed by atoms with E-state index < -0.39 is 11.7 Å². The molecule has 3 aromatic rings. The second-order valence-electron chi connectivity index (χ2n) is 6.51. The molecule has 0 atom stereocenters. The molecule has 0 aliphatic carbocycles. The Morgan fingerprint density at radius 2 is 1.92 bits per heavy atom. The van der Waals surface area contributed by atoms with E-state index >= 15 is 0 Å². The minimum absolute atomic E-state index is 0.0307. The highest BCUT2D eigenvalue weighted by Crippen LogP contribution is 2.28. The van der Waals surface area contributed by atoms with Gasteiger partial charge in [-0.1, -0.05) is 28.1 Å². The molecule has 0 bridgehead atoms. The summed E-state index contributed by atoms with van der Waals surface area (Å²) in [5.41, 5.74) is 1.36. The van der Waals surface area contributed by atoms with Gasteiger partial charge in [-0.3, -0.25) is 10.1 Å². The standard InChI is InChI=1S/C18H17BrFN3O/c1-18(2,3)23-15-7-5-4-6-14(15)21-17(23)22-16(24)12-10-11(19)8-9-13(12)20/h4-10H,1-3H3,(H,21,22,24). The maximum Gasteiger partial charge on any atom is 0.260 e. The lowest BCUT2D eigenvalue weighted by Gasteiger charge is -2.24. The van der Waals surface area contributed by atoms with E-state index in [0.29, 0.717) is 10.4 Å². The zero-order chi connectivity index (χ0) is 17.5. The maximum absolute atomic E-state index is 14.0. The van der Waals surface area contributed by atoms with Gasteiger partial charge in [0, 0.05) is 10.0 Å². The summed E-state index contributed by atoms with van der Waals surface area (Å²) in [6.45, 7) is 6.07. The van der Waals surface area contributed by atoms with E-state index in [9.17, 15) is 9.18 Å². The fraction of sp³-hybridized carbons (Fsp3) is 0.222. The van der Waals surface area contributed by atoms with Crippen LogP contribution in [0, 0.1) is 5.82 Å². The van der Waals surface area contributed by atoms with Crippen molar-refractivity contribution in [1.29, 1.82) is 0 Å². The molecule has 0 saturated carbocycles. The van der Waals surface area contributed by atoms with Crippen molar-refractivity contribution in [3.8, 4) is 0 Å². The number of carbonyl (C=O) groups excluding carboxylic acids is 1. The minimum Gasteiger partial charge on any atom is -0.305 e. The summed E-state index contributed by atoms with van der Waals surface area (Å²) in [7, 11) is 0. The van der Waals surface area contributed by atoms with Crippen LogP contribution in [0.1, 0.15) is 31.1 Å². The first-order valence-electron chi connectivity index (χ1n) is 7.52. The normalized spacial score (nSPS) is 11.7. The van der Waals surface area contributed by atoms with Crippen LogP contribution >= 0.6 is 15.9 Å². The minimum atomic E-state index is -0.575. The van der Waals surface area contributed by atoms with Crippen LogP contribution < -0.4 is 5.32 Å². The highest BCUT2D eigenvalue weighted by Gasteiger charge is 2.23.